The van der Waals surface area contributed by atoms with Crippen molar-refractivity contribution in [2.45, 2.75) is 44.8 Å². The summed E-state index contributed by atoms with van der Waals surface area (Å²) in [4.78, 5) is 16.7. The number of rotatable bonds is 0. The summed E-state index contributed by atoms with van der Waals surface area (Å²) in [7, 11) is 2.13. The van der Waals surface area contributed by atoms with Crippen molar-refractivity contribution in [2.75, 3.05) is 39.8 Å². The minimum atomic E-state index is -0.427. The summed E-state index contributed by atoms with van der Waals surface area (Å²) in [6.45, 7) is 10.3. The van der Waals surface area contributed by atoms with Crippen LogP contribution in [0.15, 0.2) is 0 Å². The van der Waals surface area contributed by atoms with Gasteiger partial charge in [-0.3, -0.25) is 4.90 Å². The molecule has 2 saturated heterocycles. The molecule has 0 aromatic carbocycles. The van der Waals surface area contributed by atoms with E-state index in [1.807, 2.05) is 25.7 Å². The van der Waals surface area contributed by atoms with Gasteiger partial charge in [0.05, 0.1) is 5.54 Å². The molecule has 0 aromatic rings. The van der Waals surface area contributed by atoms with Crippen molar-refractivity contribution in [3.8, 4) is 0 Å². The molecule has 110 valence electrons. The molecule has 2 aliphatic heterocycles. The topological polar surface area (TPSA) is 44.8 Å². The maximum absolute atomic E-state index is 12.5. The molecule has 0 saturated carbocycles. The van der Waals surface area contributed by atoms with Gasteiger partial charge in [-0.1, -0.05) is 0 Å². The molecule has 2 rings (SSSR count). The average Bonchev–Trinajstić information content (AvgIpc) is 2.27. The number of carbonyl (C=O) groups excluding carboxylic acids is 1. The van der Waals surface area contributed by atoms with Crippen LogP contribution in [-0.4, -0.2) is 66.8 Å². The maximum atomic E-state index is 12.5. The second-order valence-corrected chi connectivity index (χ2v) is 6.87. The number of nitrogens with one attached hydrogen (secondary N) is 1. The molecule has 2 heterocycles. The van der Waals surface area contributed by atoms with Crippen molar-refractivity contribution in [1.82, 2.24) is 15.1 Å². The molecule has 19 heavy (non-hydrogen) atoms. The first-order valence-electron chi connectivity index (χ1n) is 7.22. The van der Waals surface area contributed by atoms with E-state index in [4.69, 9.17) is 4.74 Å². The Labute approximate surface area is 116 Å². The van der Waals surface area contributed by atoms with Gasteiger partial charge in [0.25, 0.3) is 0 Å². The van der Waals surface area contributed by atoms with Gasteiger partial charge in [-0.2, -0.15) is 0 Å². The number of amides is 1. The predicted octanol–water partition coefficient (Wildman–Crippen LogP) is 1.29. The minimum absolute atomic E-state index is 0.0897. The Bertz CT molecular complexity index is 332. The van der Waals surface area contributed by atoms with E-state index in [0.29, 0.717) is 0 Å². The molecule has 2 aliphatic rings. The number of ether oxygens (including phenoxy) is 1. The highest BCUT2D eigenvalue weighted by Gasteiger charge is 2.45. The number of piperidine rings is 1. The first-order chi connectivity index (χ1) is 8.82. The van der Waals surface area contributed by atoms with Crippen LogP contribution in [0.4, 0.5) is 4.79 Å². The van der Waals surface area contributed by atoms with E-state index in [1.165, 1.54) is 0 Å². The number of hydrogen-bond donors (Lipinski definition) is 1. The molecular weight excluding hydrogens is 242 g/mol. The van der Waals surface area contributed by atoms with E-state index in [-0.39, 0.29) is 11.6 Å². The van der Waals surface area contributed by atoms with E-state index >= 15 is 0 Å². The van der Waals surface area contributed by atoms with Gasteiger partial charge in [0.1, 0.15) is 5.60 Å². The fourth-order valence-corrected chi connectivity index (χ4v) is 3.09. The van der Waals surface area contributed by atoms with Crippen LogP contribution in [0.5, 0.6) is 0 Å². The quantitative estimate of drug-likeness (QED) is 0.720. The molecule has 1 N–H and O–H groups in total. The summed E-state index contributed by atoms with van der Waals surface area (Å²) in [5.41, 5.74) is -0.517. The fourth-order valence-electron chi connectivity index (χ4n) is 3.09. The van der Waals surface area contributed by atoms with Crippen LogP contribution < -0.4 is 5.32 Å². The Morgan fingerprint density at radius 2 is 2.05 bits per heavy atom. The Balaban J connectivity index is 2.13. The highest BCUT2D eigenvalue weighted by Crippen LogP contribution is 2.29. The van der Waals surface area contributed by atoms with Crippen molar-refractivity contribution in [1.29, 1.82) is 0 Å². The molecule has 2 fully saturated rings. The molecule has 0 bridgehead atoms. The second kappa shape index (κ2) is 5.29. The lowest BCUT2D eigenvalue weighted by atomic mass is 9.86. The van der Waals surface area contributed by atoms with Gasteiger partial charge in [0.2, 0.25) is 0 Å². The number of piperazine rings is 1. The zero-order valence-electron chi connectivity index (χ0n) is 12.7. The standard InChI is InChI=1S/C14H27N3O2/c1-13(2,3)19-12(18)17-9-8-16(4)11-14(17)6-5-7-15-10-14/h15H,5-11H2,1-4H3. The lowest BCUT2D eigenvalue weighted by Gasteiger charge is -2.51. The summed E-state index contributed by atoms with van der Waals surface area (Å²) in [5.74, 6) is 0. The highest BCUT2D eigenvalue weighted by atomic mass is 16.6. The largest absolute Gasteiger partial charge is 0.444 e. The molecule has 5 nitrogen and oxygen atoms in total. The normalized spacial score (nSPS) is 29.6. The first kappa shape index (κ1) is 14.6. The fraction of sp³-hybridized carbons (Fsp3) is 0.929. The Morgan fingerprint density at radius 3 is 2.63 bits per heavy atom. The third kappa shape index (κ3) is 3.39. The predicted molar refractivity (Wildman–Crippen MR) is 75.3 cm³/mol. The van der Waals surface area contributed by atoms with Crippen molar-refractivity contribution >= 4 is 6.09 Å². The molecular formula is C14H27N3O2. The minimum Gasteiger partial charge on any atom is -0.444 e. The zero-order valence-corrected chi connectivity index (χ0v) is 12.7. The summed E-state index contributed by atoms with van der Waals surface area (Å²) >= 11 is 0. The summed E-state index contributed by atoms with van der Waals surface area (Å²) in [6.07, 6.45) is 2.01. The van der Waals surface area contributed by atoms with Crippen LogP contribution in [0, 0.1) is 0 Å². The molecule has 1 spiro atoms. The molecule has 1 unspecified atom stereocenters. The van der Waals surface area contributed by atoms with Gasteiger partial charge in [-0.25, -0.2) is 4.79 Å². The summed E-state index contributed by atoms with van der Waals surface area (Å²) < 4.78 is 5.58. The van der Waals surface area contributed by atoms with Crippen LogP contribution >= 0.6 is 0 Å². The average molecular weight is 269 g/mol. The van der Waals surface area contributed by atoms with Gasteiger partial charge >= 0.3 is 6.09 Å². The third-order valence-electron chi connectivity index (χ3n) is 3.91. The lowest BCUT2D eigenvalue weighted by Crippen LogP contribution is -2.68. The molecule has 0 aromatic heterocycles. The molecule has 0 aliphatic carbocycles. The number of likely N-dealkylation sites (N-methyl/N-ethyl adjacent to an activating group) is 1. The van der Waals surface area contributed by atoms with Crippen molar-refractivity contribution in [2.24, 2.45) is 0 Å². The van der Waals surface area contributed by atoms with E-state index in [9.17, 15) is 4.79 Å². The van der Waals surface area contributed by atoms with E-state index in [2.05, 4.69) is 17.3 Å². The third-order valence-corrected chi connectivity index (χ3v) is 3.91. The van der Waals surface area contributed by atoms with Gasteiger partial charge in [0, 0.05) is 26.2 Å². The zero-order chi connectivity index (χ0) is 14.1. The van der Waals surface area contributed by atoms with Gasteiger partial charge < -0.3 is 15.0 Å². The van der Waals surface area contributed by atoms with Crippen LogP contribution in [-0.2, 0) is 4.74 Å². The van der Waals surface area contributed by atoms with Crippen molar-refractivity contribution in [3.05, 3.63) is 0 Å². The Kier molecular flexibility index (Phi) is 4.06. The van der Waals surface area contributed by atoms with Crippen LogP contribution in [0.2, 0.25) is 0 Å². The molecule has 1 atom stereocenters. The van der Waals surface area contributed by atoms with Crippen LogP contribution in [0.3, 0.4) is 0 Å². The van der Waals surface area contributed by atoms with E-state index in [0.717, 1.165) is 45.6 Å². The van der Waals surface area contributed by atoms with Gasteiger partial charge in [0.15, 0.2) is 0 Å². The Hall–Kier alpha value is -0.810. The smallest absolute Gasteiger partial charge is 0.410 e. The summed E-state index contributed by atoms with van der Waals surface area (Å²) in [6, 6.07) is 0. The number of hydrogen-bond acceptors (Lipinski definition) is 4. The lowest BCUT2D eigenvalue weighted by molar-refractivity contribution is -0.0375. The van der Waals surface area contributed by atoms with Crippen LogP contribution in [0.1, 0.15) is 33.6 Å². The van der Waals surface area contributed by atoms with Gasteiger partial charge in [-0.15, -0.1) is 0 Å². The number of carbonyl (C=O) groups is 1. The highest BCUT2D eigenvalue weighted by molar-refractivity contribution is 5.69. The molecule has 5 heteroatoms. The Morgan fingerprint density at radius 1 is 1.32 bits per heavy atom. The molecule has 0 radical (unpaired) electrons. The first-order valence-corrected chi connectivity index (χ1v) is 7.22. The number of nitrogens with zero attached hydrogens (tertiary/aromatic N) is 2. The maximum Gasteiger partial charge on any atom is 0.410 e. The van der Waals surface area contributed by atoms with E-state index < -0.39 is 5.60 Å². The van der Waals surface area contributed by atoms with Gasteiger partial charge in [-0.05, 0) is 47.2 Å². The van der Waals surface area contributed by atoms with Crippen LogP contribution in [0.25, 0.3) is 0 Å². The molecule has 1 amide bonds. The SMILES string of the molecule is CN1CCN(C(=O)OC(C)(C)C)C2(CCCNC2)C1. The summed E-state index contributed by atoms with van der Waals surface area (Å²) in [5, 5.41) is 3.44. The van der Waals surface area contributed by atoms with Crippen molar-refractivity contribution < 1.29 is 9.53 Å². The van der Waals surface area contributed by atoms with E-state index in [1.54, 1.807) is 0 Å². The monoisotopic (exact) mass is 269 g/mol. The van der Waals surface area contributed by atoms with Crippen molar-refractivity contribution in [3.63, 3.8) is 0 Å². The second-order valence-electron chi connectivity index (χ2n) is 6.87.